The second kappa shape index (κ2) is 6.85. The highest BCUT2D eigenvalue weighted by Crippen LogP contribution is 2.05. The van der Waals surface area contributed by atoms with Crippen molar-refractivity contribution in [2.45, 2.75) is 38.2 Å². The molecule has 0 amide bonds. The molecule has 0 aromatic carbocycles. The third-order valence-electron chi connectivity index (χ3n) is 1.66. The average Bonchev–Trinajstić information content (AvgIpc) is 2.03. The Bertz CT molecular complexity index is 143. The third kappa shape index (κ3) is 7.28. The van der Waals surface area contributed by atoms with Crippen LogP contribution in [-0.4, -0.2) is 22.3 Å². The number of rotatable bonds is 7. The van der Waals surface area contributed by atoms with Gasteiger partial charge in [0.1, 0.15) is 0 Å². The number of carboxylic acids is 1. The molecule has 0 aliphatic rings. The van der Waals surface area contributed by atoms with Gasteiger partial charge in [0.15, 0.2) is 0 Å². The van der Waals surface area contributed by atoms with Crippen LogP contribution in [0.1, 0.15) is 32.1 Å². The molecule has 0 spiro atoms. The molecule has 1 atom stereocenters. The maximum absolute atomic E-state index is 10.1. The van der Waals surface area contributed by atoms with Gasteiger partial charge in [0, 0.05) is 6.42 Å². The summed E-state index contributed by atoms with van der Waals surface area (Å²) in [5.74, 6) is -0.751. The first-order valence-corrected chi connectivity index (χ1v) is 4.19. The predicted octanol–water partition coefficient (Wildman–Crippen LogP) is 1.57. The lowest BCUT2D eigenvalue weighted by Crippen LogP contribution is -2.01. The molecule has 70 valence electrons. The van der Waals surface area contributed by atoms with E-state index in [0.29, 0.717) is 12.8 Å². The number of hydrogen-bond donors (Lipinski definition) is 2. The molecule has 3 heteroatoms. The summed E-state index contributed by atoms with van der Waals surface area (Å²) in [4.78, 5) is 10.1. The molecule has 2 N–H and O–H groups in total. The van der Waals surface area contributed by atoms with Crippen molar-refractivity contribution >= 4 is 5.97 Å². The summed E-state index contributed by atoms with van der Waals surface area (Å²) in [6.07, 6.45) is 4.39. The van der Waals surface area contributed by atoms with Crippen LogP contribution < -0.4 is 0 Å². The molecule has 0 radical (unpaired) electrons. The van der Waals surface area contributed by atoms with E-state index in [-0.39, 0.29) is 6.42 Å². The van der Waals surface area contributed by atoms with E-state index >= 15 is 0 Å². The minimum Gasteiger partial charge on any atom is -0.481 e. The topological polar surface area (TPSA) is 57.5 Å². The van der Waals surface area contributed by atoms with E-state index in [4.69, 9.17) is 10.2 Å². The lowest BCUT2D eigenvalue weighted by molar-refractivity contribution is -0.137. The first kappa shape index (κ1) is 11.2. The molecule has 12 heavy (non-hydrogen) atoms. The molecular weight excluding hydrogens is 156 g/mol. The maximum Gasteiger partial charge on any atom is 0.303 e. The molecule has 0 saturated heterocycles. The molecule has 0 rings (SSSR count). The largest absolute Gasteiger partial charge is 0.481 e. The van der Waals surface area contributed by atoms with Crippen molar-refractivity contribution in [2.24, 2.45) is 0 Å². The molecule has 0 bridgehead atoms. The summed E-state index contributed by atoms with van der Waals surface area (Å²) in [5.41, 5.74) is 0. The number of unbranched alkanes of at least 4 members (excludes halogenated alkanes) is 2. The number of aliphatic carboxylic acids is 1. The Morgan fingerprint density at radius 3 is 2.58 bits per heavy atom. The third-order valence-corrected chi connectivity index (χ3v) is 1.66. The van der Waals surface area contributed by atoms with Crippen LogP contribution in [0.25, 0.3) is 0 Å². The van der Waals surface area contributed by atoms with Gasteiger partial charge in [-0.05, 0) is 12.8 Å². The average molecular weight is 172 g/mol. The van der Waals surface area contributed by atoms with Gasteiger partial charge in [-0.15, -0.1) is 6.58 Å². The fourth-order valence-electron chi connectivity index (χ4n) is 0.924. The lowest BCUT2D eigenvalue weighted by Gasteiger charge is -2.03. The fraction of sp³-hybridized carbons (Fsp3) is 0.667. The zero-order valence-electron chi connectivity index (χ0n) is 7.20. The van der Waals surface area contributed by atoms with Crippen LogP contribution >= 0.6 is 0 Å². The van der Waals surface area contributed by atoms with E-state index in [1.54, 1.807) is 0 Å². The van der Waals surface area contributed by atoms with Crippen molar-refractivity contribution < 1.29 is 15.0 Å². The molecule has 1 unspecified atom stereocenters. The predicted molar refractivity (Wildman–Crippen MR) is 46.9 cm³/mol. The van der Waals surface area contributed by atoms with Gasteiger partial charge in [-0.25, -0.2) is 0 Å². The molecule has 0 aromatic rings. The second-order valence-electron chi connectivity index (χ2n) is 2.80. The van der Waals surface area contributed by atoms with E-state index in [2.05, 4.69) is 6.58 Å². The lowest BCUT2D eigenvalue weighted by atomic mass is 10.1. The van der Waals surface area contributed by atoms with Crippen LogP contribution in [0.2, 0.25) is 0 Å². The van der Waals surface area contributed by atoms with Crippen molar-refractivity contribution in [3.8, 4) is 0 Å². The Hall–Kier alpha value is -0.830. The highest BCUT2D eigenvalue weighted by Gasteiger charge is 1.99. The molecule has 0 aromatic heterocycles. The monoisotopic (exact) mass is 172 g/mol. The quantitative estimate of drug-likeness (QED) is 0.452. The Morgan fingerprint density at radius 1 is 1.42 bits per heavy atom. The van der Waals surface area contributed by atoms with Crippen LogP contribution in [0.15, 0.2) is 12.7 Å². The van der Waals surface area contributed by atoms with Crippen LogP contribution in [0, 0.1) is 0 Å². The minimum atomic E-state index is -0.751. The van der Waals surface area contributed by atoms with Crippen molar-refractivity contribution in [1.29, 1.82) is 0 Å². The number of carboxylic acid groups (broad SMARTS) is 1. The van der Waals surface area contributed by atoms with Gasteiger partial charge in [0.05, 0.1) is 6.10 Å². The van der Waals surface area contributed by atoms with Gasteiger partial charge >= 0.3 is 5.97 Å². The van der Waals surface area contributed by atoms with Crippen molar-refractivity contribution in [3.05, 3.63) is 12.7 Å². The Labute approximate surface area is 72.7 Å². The zero-order valence-corrected chi connectivity index (χ0v) is 7.20. The number of carbonyl (C=O) groups is 1. The molecule has 0 heterocycles. The van der Waals surface area contributed by atoms with Gasteiger partial charge in [0.25, 0.3) is 0 Å². The first-order valence-electron chi connectivity index (χ1n) is 4.19. The molecule has 3 nitrogen and oxygen atoms in total. The smallest absolute Gasteiger partial charge is 0.303 e. The number of hydrogen-bond acceptors (Lipinski definition) is 2. The summed E-state index contributed by atoms with van der Waals surface area (Å²) < 4.78 is 0. The highest BCUT2D eigenvalue weighted by atomic mass is 16.4. The molecule has 0 aliphatic carbocycles. The Balaban J connectivity index is 3.10. The molecule has 0 aliphatic heterocycles. The van der Waals surface area contributed by atoms with E-state index in [1.807, 2.05) is 0 Å². The van der Waals surface area contributed by atoms with Crippen LogP contribution in [0.5, 0.6) is 0 Å². The summed E-state index contributed by atoms with van der Waals surface area (Å²) in [5, 5.41) is 17.3. The molecule has 0 fully saturated rings. The van der Waals surface area contributed by atoms with Crippen LogP contribution in [0.4, 0.5) is 0 Å². The first-order chi connectivity index (χ1) is 5.66. The van der Waals surface area contributed by atoms with Gasteiger partial charge in [-0.2, -0.15) is 0 Å². The van der Waals surface area contributed by atoms with E-state index < -0.39 is 12.1 Å². The number of aliphatic hydroxyl groups excluding tert-OH is 1. The molecule has 0 saturated carbocycles. The minimum absolute atomic E-state index is 0.226. The standard InChI is InChI=1S/C9H16O3/c1-2-8(10)6-4-3-5-7-9(11)12/h2,8,10H,1,3-7H2,(H,11,12). The van der Waals surface area contributed by atoms with E-state index in [9.17, 15) is 4.79 Å². The highest BCUT2D eigenvalue weighted by molar-refractivity contribution is 5.66. The van der Waals surface area contributed by atoms with Gasteiger partial charge in [-0.1, -0.05) is 18.9 Å². The van der Waals surface area contributed by atoms with Gasteiger partial charge in [-0.3, -0.25) is 4.79 Å². The van der Waals surface area contributed by atoms with Crippen molar-refractivity contribution in [3.63, 3.8) is 0 Å². The zero-order chi connectivity index (χ0) is 9.40. The fourth-order valence-corrected chi connectivity index (χ4v) is 0.924. The summed E-state index contributed by atoms with van der Waals surface area (Å²) in [6.45, 7) is 3.44. The molecular formula is C9H16O3. The van der Waals surface area contributed by atoms with Gasteiger partial charge < -0.3 is 10.2 Å². The number of aliphatic hydroxyl groups is 1. The van der Waals surface area contributed by atoms with Gasteiger partial charge in [0.2, 0.25) is 0 Å². The summed E-state index contributed by atoms with van der Waals surface area (Å²) in [6, 6.07) is 0. The van der Waals surface area contributed by atoms with E-state index in [1.165, 1.54) is 6.08 Å². The Morgan fingerprint density at radius 2 is 2.08 bits per heavy atom. The SMILES string of the molecule is C=CC(O)CCCCCC(=O)O. The summed E-state index contributed by atoms with van der Waals surface area (Å²) >= 11 is 0. The maximum atomic E-state index is 10.1. The second-order valence-corrected chi connectivity index (χ2v) is 2.80. The van der Waals surface area contributed by atoms with Crippen molar-refractivity contribution in [2.75, 3.05) is 0 Å². The van der Waals surface area contributed by atoms with E-state index in [0.717, 1.165) is 12.8 Å². The van der Waals surface area contributed by atoms with Crippen LogP contribution in [0.3, 0.4) is 0 Å². The van der Waals surface area contributed by atoms with Crippen molar-refractivity contribution in [1.82, 2.24) is 0 Å². The summed E-state index contributed by atoms with van der Waals surface area (Å²) in [7, 11) is 0. The normalized spacial score (nSPS) is 12.4. The van der Waals surface area contributed by atoms with Crippen LogP contribution in [-0.2, 0) is 4.79 Å². The Kier molecular flexibility index (Phi) is 6.38.